The van der Waals surface area contributed by atoms with Crippen LogP contribution in [0.15, 0.2) is 47.5 Å². The van der Waals surface area contributed by atoms with E-state index in [0.717, 1.165) is 0 Å². The molecule has 7 nitrogen and oxygen atoms in total. The lowest BCUT2D eigenvalue weighted by atomic mass is 9.91. The monoisotopic (exact) mass is 399 g/mol. The van der Waals surface area contributed by atoms with Crippen molar-refractivity contribution in [3.05, 3.63) is 58.0 Å². The molecule has 0 atom stereocenters. The second kappa shape index (κ2) is 7.37. The number of piperidine rings is 1. The number of likely N-dealkylation sites (tertiary alicyclic amines) is 1. The van der Waals surface area contributed by atoms with E-state index in [2.05, 4.69) is 4.98 Å². The smallest absolute Gasteiger partial charge is 0.264 e. The van der Waals surface area contributed by atoms with Crippen molar-refractivity contribution in [3.63, 3.8) is 0 Å². The van der Waals surface area contributed by atoms with Gasteiger partial charge < -0.3 is 14.7 Å². The number of carbonyl (C=O) groups is 1. The summed E-state index contributed by atoms with van der Waals surface area (Å²) in [5, 5.41) is 12.2. The first kappa shape index (κ1) is 18.6. The van der Waals surface area contributed by atoms with Gasteiger partial charge in [0, 0.05) is 13.1 Å². The maximum absolute atomic E-state index is 12.7. The zero-order valence-corrected chi connectivity index (χ0v) is 16.3. The lowest BCUT2D eigenvalue weighted by Crippen LogP contribution is -2.49. The number of aliphatic hydroxyl groups is 1. The summed E-state index contributed by atoms with van der Waals surface area (Å²) in [5.74, 6) is -0.0557. The summed E-state index contributed by atoms with van der Waals surface area (Å²) in [4.78, 5) is 32.0. The molecule has 1 N–H and O–H groups in total. The number of methoxy groups -OCH3 is 1. The standard InChI is InChI=1S/C20H21N3O4S/c1-27-17-7-6-16(28-17)19(25)22-10-8-20(26,9-11-22)12-23-13-21-15-5-3-2-4-14(15)18(23)24/h2-7,13,26H,8-12H2,1H3. The Labute approximate surface area is 165 Å². The quantitative estimate of drug-likeness (QED) is 0.727. The molecule has 0 saturated carbocycles. The van der Waals surface area contributed by atoms with E-state index in [0.29, 0.717) is 46.8 Å². The molecule has 2 aromatic heterocycles. The zero-order valence-electron chi connectivity index (χ0n) is 15.5. The third kappa shape index (κ3) is 3.53. The SMILES string of the molecule is COc1ccc(C(=O)N2CCC(O)(Cn3cnc4ccccc4c3=O)CC2)s1. The molecular weight excluding hydrogens is 378 g/mol. The van der Waals surface area contributed by atoms with Crippen LogP contribution in [-0.2, 0) is 6.54 Å². The fourth-order valence-corrected chi connectivity index (χ4v) is 4.31. The average Bonchev–Trinajstić information content (AvgIpc) is 3.20. The molecule has 8 heteroatoms. The van der Waals surface area contributed by atoms with Crippen LogP contribution in [-0.4, -0.2) is 51.3 Å². The molecule has 1 aromatic carbocycles. The fraction of sp³-hybridized carbons (Fsp3) is 0.350. The molecule has 0 aliphatic carbocycles. The van der Waals surface area contributed by atoms with Crippen LogP contribution in [0, 0.1) is 0 Å². The van der Waals surface area contributed by atoms with E-state index >= 15 is 0 Å². The van der Waals surface area contributed by atoms with Crippen LogP contribution in [0.4, 0.5) is 0 Å². The highest BCUT2D eigenvalue weighted by atomic mass is 32.1. The van der Waals surface area contributed by atoms with Crippen molar-refractivity contribution in [2.45, 2.75) is 25.0 Å². The predicted octanol–water partition coefficient (Wildman–Crippen LogP) is 2.13. The number of carbonyl (C=O) groups excluding carboxylic acids is 1. The fourth-order valence-electron chi connectivity index (χ4n) is 3.52. The number of amides is 1. The number of aromatic nitrogens is 2. The summed E-state index contributed by atoms with van der Waals surface area (Å²) >= 11 is 1.31. The van der Waals surface area contributed by atoms with Crippen molar-refractivity contribution in [3.8, 4) is 5.06 Å². The van der Waals surface area contributed by atoms with Gasteiger partial charge in [0.25, 0.3) is 11.5 Å². The Morgan fingerprint density at radius 1 is 1.25 bits per heavy atom. The zero-order chi connectivity index (χ0) is 19.7. The van der Waals surface area contributed by atoms with Crippen molar-refractivity contribution in [1.82, 2.24) is 14.5 Å². The first-order valence-corrected chi connectivity index (χ1v) is 9.90. The van der Waals surface area contributed by atoms with Crippen LogP contribution in [0.1, 0.15) is 22.5 Å². The summed E-state index contributed by atoms with van der Waals surface area (Å²) in [6, 6.07) is 10.7. The average molecular weight is 399 g/mol. The van der Waals surface area contributed by atoms with Crippen LogP contribution in [0.5, 0.6) is 5.06 Å². The molecule has 0 bridgehead atoms. The Hall–Kier alpha value is -2.71. The van der Waals surface area contributed by atoms with Gasteiger partial charge in [0.05, 0.1) is 41.4 Å². The molecule has 146 valence electrons. The Morgan fingerprint density at radius 2 is 2.00 bits per heavy atom. The second-order valence-corrected chi connectivity index (χ2v) is 8.08. The van der Waals surface area contributed by atoms with E-state index in [1.54, 1.807) is 42.3 Å². The van der Waals surface area contributed by atoms with E-state index in [1.807, 2.05) is 6.07 Å². The second-order valence-electron chi connectivity index (χ2n) is 7.03. The Kier molecular flexibility index (Phi) is 4.91. The molecule has 1 fully saturated rings. The molecule has 0 radical (unpaired) electrons. The minimum absolute atomic E-state index is 0.0557. The van der Waals surface area contributed by atoms with Gasteiger partial charge in [-0.3, -0.25) is 14.2 Å². The van der Waals surface area contributed by atoms with Crippen molar-refractivity contribution in [2.24, 2.45) is 0 Å². The minimum atomic E-state index is -1.04. The predicted molar refractivity (Wildman–Crippen MR) is 107 cm³/mol. The largest absolute Gasteiger partial charge is 0.487 e. The van der Waals surface area contributed by atoms with Gasteiger partial charge in [-0.2, -0.15) is 0 Å². The summed E-state index contributed by atoms with van der Waals surface area (Å²) in [7, 11) is 1.57. The molecule has 28 heavy (non-hydrogen) atoms. The van der Waals surface area contributed by atoms with Gasteiger partial charge in [0.1, 0.15) is 0 Å². The van der Waals surface area contributed by atoms with E-state index in [1.165, 1.54) is 22.2 Å². The molecule has 3 heterocycles. The van der Waals surface area contributed by atoms with E-state index in [9.17, 15) is 14.7 Å². The van der Waals surface area contributed by atoms with Gasteiger partial charge in [-0.25, -0.2) is 4.98 Å². The number of ether oxygens (including phenoxy) is 1. The van der Waals surface area contributed by atoms with Crippen LogP contribution >= 0.6 is 11.3 Å². The van der Waals surface area contributed by atoms with Gasteiger partial charge in [0.2, 0.25) is 0 Å². The lowest BCUT2D eigenvalue weighted by Gasteiger charge is -2.38. The van der Waals surface area contributed by atoms with Gasteiger partial charge in [0.15, 0.2) is 5.06 Å². The van der Waals surface area contributed by atoms with Gasteiger partial charge in [-0.1, -0.05) is 23.5 Å². The normalized spacial score (nSPS) is 16.3. The molecule has 1 aliphatic heterocycles. The Balaban J connectivity index is 1.46. The number of rotatable bonds is 4. The molecule has 4 rings (SSSR count). The molecule has 1 aliphatic rings. The summed E-state index contributed by atoms with van der Waals surface area (Å²) in [5.41, 5.74) is -0.566. The van der Waals surface area contributed by atoms with E-state index < -0.39 is 5.60 Å². The van der Waals surface area contributed by atoms with Crippen LogP contribution in [0.3, 0.4) is 0 Å². The molecule has 0 unspecified atom stereocenters. The minimum Gasteiger partial charge on any atom is -0.487 e. The summed E-state index contributed by atoms with van der Waals surface area (Å²) < 4.78 is 6.61. The third-order valence-electron chi connectivity index (χ3n) is 5.17. The molecule has 3 aromatic rings. The van der Waals surface area contributed by atoms with Crippen molar-refractivity contribution in [2.75, 3.05) is 20.2 Å². The number of para-hydroxylation sites is 1. The first-order valence-electron chi connectivity index (χ1n) is 9.09. The van der Waals surface area contributed by atoms with Crippen LogP contribution in [0.25, 0.3) is 10.9 Å². The topological polar surface area (TPSA) is 84.7 Å². The third-order valence-corrected chi connectivity index (χ3v) is 6.21. The highest BCUT2D eigenvalue weighted by Crippen LogP contribution is 2.28. The van der Waals surface area contributed by atoms with E-state index in [-0.39, 0.29) is 18.0 Å². The Bertz CT molecular complexity index is 1070. The Morgan fingerprint density at radius 3 is 2.71 bits per heavy atom. The highest BCUT2D eigenvalue weighted by molar-refractivity contribution is 7.15. The van der Waals surface area contributed by atoms with Gasteiger partial charge in [-0.15, -0.1) is 0 Å². The maximum Gasteiger partial charge on any atom is 0.264 e. The number of hydrogen-bond donors (Lipinski definition) is 1. The van der Waals surface area contributed by atoms with Crippen molar-refractivity contribution >= 4 is 28.1 Å². The number of hydrogen-bond acceptors (Lipinski definition) is 6. The maximum atomic E-state index is 12.7. The molecule has 0 spiro atoms. The van der Waals surface area contributed by atoms with Crippen molar-refractivity contribution in [1.29, 1.82) is 0 Å². The van der Waals surface area contributed by atoms with Gasteiger partial charge in [-0.05, 0) is 37.1 Å². The molecular formula is C20H21N3O4S. The van der Waals surface area contributed by atoms with Crippen LogP contribution < -0.4 is 10.3 Å². The van der Waals surface area contributed by atoms with Crippen molar-refractivity contribution < 1.29 is 14.6 Å². The summed E-state index contributed by atoms with van der Waals surface area (Å²) in [6.07, 6.45) is 2.29. The number of nitrogens with zero attached hydrogens (tertiary/aromatic N) is 3. The molecule has 1 amide bonds. The lowest BCUT2D eigenvalue weighted by molar-refractivity contribution is -0.0298. The van der Waals surface area contributed by atoms with E-state index in [4.69, 9.17) is 4.74 Å². The first-order chi connectivity index (χ1) is 13.5. The molecule has 1 saturated heterocycles. The van der Waals surface area contributed by atoms with Gasteiger partial charge >= 0.3 is 0 Å². The number of benzene rings is 1. The number of fused-ring (bicyclic) bond motifs is 1. The van der Waals surface area contributed by atoms with Crippen LogP contribution in [0.2, 0.25) is 0 Å². The highest BCUT2D eigenvalue weighted by Gasteiger charge is 2.35. The summed E-state index contributed by atoms with van der Waals surface area (Å²) in [6.45, 7) is 1.04. The number of thiophene rings is 1.